The number of aromatic nitrogens is 1. The van der Waals surface area contributed by atoms with Crippen LogP contribution >= 0.6 is 0 Å². The average Bonchev–Trinajstić information content (AvgIpc) is 2.72. The summed E-state index contributed by atoms with van der Waals surface area (Å²) in [5.74, 6) is 0.752. The van der Waals surface area contributed by atoms with E-state index in [1.165, 1.54) is 5.56 Å². The lowest BCUT2D eigenvalue weighted by Gasteiger charge is -2.21. The molecule has 0 spiro atoms. The largest absolute Gasteiger partial charge is 0.439 e. The molecule has 1 heterocycles. The van der Waals surface area contributed by atoms with Crippen LogP contribution < -0.4 is 5.32 Å². The predicted molar refractivity (Wildman–Crippen MR) is 70.1 cm³/mol. The highest BCUT2D eigenvalue weighted by Crippen LogP contribution is 2.25. The van der Waals surface area contributed by atoms with Gasteiger partial charge in [0.15, 0.2) is 5.58 Å². The van der Waals surface area contributed by atoms with Crippen molar-refractivity contribution in [3.63, 3.8) is 0 Å². The minimum Gasteiger partial charge on any atom is -0.439 e. The lowest BCUT2D eigenvalue weighted by atomic mass is 10.1. The second-order valence-corrected chi connectivity index (χ2v) is 4.83. The Morgan fingerprint density at radius 1 is 1.29 bits per heavy atom. The first-order valence-corrected chi connectivity index (χ1v) is 6.21. The molecule has 0 unspecified atom stereocenters. The van der Waals surface area contributed by atoms with Crippen LogP contribution in [0.2, 0.25) is 0 Å². The molecule has 1 N–H and O–H groups in total. The van der Waals surface area contributed by atoms with Crippen LogP contribution in [-0.2, 0) is 12.0 Å². The van der Waals surface area contributed by atoms with Crippen molar-refractivity contribution in [2.45, 2.75) is 39.7 Å². The third-order valence-electron chi connectivity index (χ3n) is 3.01. The fourth-order valence-corrected chi connectivity index (χ4v) is 1.98. The highest BCUT2D eigenvalue weighted by molar-refractivity contribution is 5.73. The number of aryl methyl sites for hydroxylation is 1. The fraction of sp³-hybridized carbons (Fsp3) is 0.500. The summed E-state index contributed by atoms with van der Waals surface area (Å²) in [6, 6.07) is 6.20. The van der Waals surface area contributed by atoms with Gasteiger partial charge in [0.1, 0.15) is 5.52 Å². The summed E-state index contributed by atoms with van der Waals surface area (Å²) in [6.07, 6.45) is 1.02. The van der Waals surface area contributed by atoms with Crippen molar-refractivity contribution < 1.29 is 4.42 Å². The lowest BCUT2D eigenvalue weighted by molar-refractivity contribution is 0.323. The van der Waals surface area contributed by atoms with E-state index in [0.717, 1.165) is 30.0 Å². The van der Waals surface area contributed by atoms with E-state index in [0.29, 0.717) is 0 Å². The highest BCUT2D eigenvalue weighted by atomic mass is 16.4. The maximum Gasteiger partial charge on any atom is 0.215 e. The minimum atomic E-state index is -0.222. The van der Waals surface area contributed by atoms with Crippen LogP contribution in [0, 0.1) is 0 Å². The Hall–Kier alpha value is -1.35. The molecule has 0 aliphatic heterocycles. The van der Waals surface area contributed by atoms with Crippen LogP contribution in [0.4, 0.5) is 0 Å². The zero-order valence-electron chi connectivity index (χ0n) is 11.0. The van der Waals surface area contributed by atoms with Crippen molar-refractivity contribution in [3.8, 4) is 0 Å². The molecule has 0 amide bonds. The number of fused-ring (bicyclic) bond motifs is 1. The van der Waals surface area contributed by atoms with E-state index in [9.17, 15) is 0 Å². The number of rotatable bonds is 4. The topological polar surface area (TPSA) is 38.1 Å². The summed E-state index contributed by atoms with van der Waals surface area (Å²) in [6.45, 7) is 9.29. The van der Waals surface area contributed by atoms with Gasteiger partial charge in [-0.3, -0.25) is 0 Å². The summed E-state index contributed by atoms with van der Waals surface area (Å²) in [5, 5.41) is 3.37. The molecule has 3 heteroatoms. The molecule has 2 aromatic rings. The normalized spacial score (nSPS) is 12.2. The second-order valence-electron chi connectivity index (χ2n) is 4.83. The van der Waals surface area contributed by atoms with E-state index >= 15 is 0 Å². The maximum absolute atomic E-state index is 5.81. The minimum absolute atomic E-state index is 0.222. The molecule has 0 aliphatic rings. The Labute approximate surface area is 102 Å². The predicted octanol–water partition coefficient (Wildman–Crippen LogP) is 3.23. The van der Waals surface area contributed by atoms with Crippen LogP contribution in [-0.4, -0.2) is 11.5 Å². The van der Waals surface area contributed by atoms with Crippen LogP contribution in [0.5, 0.6) is 0 Å². The molecular weight excluding hydrogens is 212 g/mol. The quantitative estimate of drug-likeness (QED) is 0.879. The maximum atomic E-state index is 5.81. The van der Waals surface area contributed by atoms with Crippen LogP contribution in [0.1, 0.15) is 39.1 Å². The summed E-state index contributed by atoms with van der Waals surface area (Å²) >= 11 is 0. The van der Waals surface area contributed by atoms with Gasteiger partial charge < -0.3 is 9.73 Å². The second kappa shape index (κ2) is 4.49. The molecule has 3 nitrogen and oxygen atoms in total. The smallest absolute Gasteiger partial charge is 0.215 e. The Bertz CT molecular complexity index is 514. The van der Waals surface area contributed by atoms with Crippen LogP contribution in [0.3, 0.4) is 0 Å². The summed E-state index contributed by atoms with van der Waals surface area (Å²) in [4.78, 5) is 4.58. The third-order valence-corrected chi connectivity index (χ3v) is 3.01. The Morgan fingerprint density at radius 3 is 2.71 bits per heavy atom. The third kappa shape index (κ3) is 2.34. The Balaban J connectivity index is 2.44. The molecule has 0 atom stereocenters. The van der Waals surface area contributed by atoms with Gasteiger partial charge in [-0.1, -0.05) is 19.9 Å². The van der Waals surface area contributed by atoms with Gasteiger partial charge in [-0.05, 0) is 44.5 Å². The number of oxazole rings is 1. The summed E-state index contributed by atoms with van der Waals surface area (Å²) in [7, 11) is 0. The lowest BCUT2D eigenvalue weighted by Crippen LogP contribution is -2.36. The fourth-order valence-electron chi connectivity index (χ4n) is 1.98. The monoisotopic (exact) mass is 232 g/mol. The standard InChI is InChI=1S/C14H20N2O/c1-5-10-7-8-12-11(9-10)16-13(17-12)14(3,4)15-6-2/h7-9,15H,5-6H2,1-4H3. The van der Waals surface area contributed by atoms with E-state index in [1.807, 2.05) is 6.07 Å². The molecule has 17 heavy (non-hydrogen) atoms. The van der Waals surface area contributed by atoms with Gasteiger partial charge in [0.2, 0.25) is 5.89 Å². The SMILES string of the molecule is CCNC(C)(C)c1nc2cc(CC)ccc2o1. The number of nitrogens with zero attached hydrogens (tertiary/aromatic N) is 1. The van der Waals surface area contributed by atoms with E-state index in [2.05, 4.69) is 50.1 Å². The number of nitrogens with one attached hydrogen (secondary N) is 1. The van der Waals surface area contributed by atoms with Gasteiger partial charge in [0.05, 0.1) is 5.54 Å². The number of hydrogen-bond donors (Lipinski definition) is 1. The first kappa shape index (κ1) is 12.1. The van der Waals surface area contributed by atoms with Gasteiger partial charge >= 0.3 is 0 Å². The van der Waals surface area contributed by atoms with Crippen molar-refractivity contribution >= 4 is 11.1 Å². The van der Waals surface area contributed by atoms with Crippen molar-refractivity contribution in [2.24, 2.45) is 0 Å². The summed E-state index contributed by atoms with van der Waals surface area (Å²) < 4.78 is 5.81. The zero-order chi connectivity index (χ0) is 12.5. The molecule has 92 valence electrons. The van der Waals surface area contributed by atoms with E-state index in [4.69, 9.17) is 4.42 Å². The molecule has 0 saturated heterocycles. The van der Waals surface area contributed by atoms with Crippen LogP contribution in [0.25, 0.3) is 11.1 Å². The number of hydrogen-bond acceptors (Lipinski definition) is 3. The first-order valence-electron chi connectivity index (χ1n) is 6.21. The van der Waals surface area contributed by atoms with Gasteiger partial charge in [0, 0.05) is 0 Å². The molecule has 1 aromatic carbocycles. The van der Waals surface area contributed by atoms with Crippen molar-refractivity contribution in [3.05, 3.63) is 29.7 Å². The molecule has 2 rings (SSSR count). The highest BCUT2D eigenvalue weighted by Gasteiger charge is 2.25. The molecule has 0 radical (unpaired) electrons. The molecule has 0 aliphatic carbocycles. The van der Waals surface area contributed by atoms with E-state index < -0.39 is 0 Å². The van der Waals surface area contributed by atoms with Crippen LogP contribution in [0.15, 0.2) is 22.6 Å². The van der Waals surface area contributed by atoms with Gasteiger partial charge in [-0.25, -0.2) is 4.98 Å². The van der Waals surface area contributed by atoms with E-state index in [-0.39, 0.29) is 5.54 Å². The number of benzene rings is 1. The molecule has 1 aromatic heterocycles. The molecule has 0 bridgehead atoms. The van der Waals surface area contributed by atoms with Gasteiger partial charge in [-0.2, -0.15) is 0 Å². The molecule has 0 fully saturated rings. The molecule has 0 saturated carbocycles. The Kier molecular flexibility index (Phi) is 3.20. The van der Waals surface area contributed by atoms with Gasteiger partial charge in [0.25, 0.3) is 0 Å². The first-order chi connectivity index (χ1) is 8.06. The Morgan fingerprint density at radius 2 is 2.06 bits per heavy atom. The van der Waals surface area contributed by atoms with Crippen molar-refractivity contribution in [2.75, 3.05) is 6.54 Å². The molecular formula is C14H20N2O. The zero-order valence-corrected chi connectivity index (χ0v) is 11.0. The average molecular weight is 232 g/mol. The van der Waals surface area contributed by atoms with Crippen molar-refractivity contribution in [1.82, 2.24) is 10.3 Å². The van der Waals surface area contributed by atoms with Gasteiger partial charge in [-0.15, -0.1) is 0 Å². The summed E-state index contributed by atoms with van der Waals surface area (Å²) in [5.41, 5.74) is 2.88. The van der Waals surface area contributed by atoms with E-state index in [1.54, 1.807) is 0 Å². The van der Waals surface area contributed by atoms with Crippen molar-refractivity contribution in [1.29, 1.82) is 0 Å².